The lowest BCUT2D eigenvalue weighted by Gasteiger charge is -2.37. The lowest BCUT2D eigenvalue weighted by molar-refractivity contribution is -0.117. The van der Waals surface area contributed by atoms with Crippen LogP contribution in [0.1, 0.15) is 42.6 Å². The van der Waals surface area contributed by atoms with Gasteiger partial charge in [-0.2, -0.15) is 0 Å². The highest BCUT2D eigenvalue weighted by Crippen LogP contribution is 2.34. The molecule has 3 aliphatic heterocycles. The van der Waals surface area contributed by atoms with Gasteiger partial charge in [0.15, 0.2) is 5.01 Å². The van der Waals surface area contributed by atoms with Gasteiger partial charge in [-0.3, -0.25) is 19.4 Å². The van der Waals surface area contributed by atoms with E-state index in [2.05, 4.69) is 9.88 Å². The van der Waals surface area contributed by atoms with E-state index in [1.807, 2.05) is 54.2 Å². The molecule has 186 valence electrons. The first kappa shape index (κ1) is 23.7. The van der Waals surface area contributed by atoms with E-state index in [4.69, 9.17) is 4.74 Å². The predicted octanol–water partition coefficient (Wildman–Crippen LogP) is 3.00. The number of hydrogen-bond donors (Lipinski definition) is 0. The molecule has 9 nitrogen and oxygen atoms in total. The quantitative estimate of drug-likeness (QED) is 0.648. The summed E-state index contributed by atoms with van der Waals surface area (Å²) in [6, 6.07) is 6.01. The third-order valence-electron chi connectivity index (χ3n) is 6.72. The fourth-order valence-electron chi connectivity index (χ4n) is 5.00. The summed E-state index contributed by atoms with van der Waals surface area (Å²) in [5, 5.41) is 2.35. The maximum Gasteiger partial charge on any atom is 0.414 e. The van der Waals surface area contributed by atoms with Crippen LogP contribution in [0, 0.1) is 0 Å². The molecule has 4 heterocycles. The maximum absolute atomic E-state index is 12.9. The third kappa shape index (κ3) is 4.90. The number of hydrogen-bond acceptors (Lipinski definition) is 7. The molecule has 3 amide bonds. The molecule has 35 heavy (non-hydrogen) atoms. The van der Waals surface area contributed by atoms with Crippen molar-refractivity contribution in [3.8, 4) is 0 Å². The Morgan fingerprint density at radius 2 is 1.89 bits per heavy atom. The lowest BCUT2D eigenvalue weighted by atomic mass is 10.1. The highest BCUT2D eigenvalue weighted by molar-refractivity contribution is 7.11. The van der Waals surface area contributed by atoms with E-state index < -0.39 is 5.60 Å². The molecule has 0 radical (unpaired) electrons. The second-order valence-corrected chi connectivity index (χ2v) is 11.1. The normalized spacial score (nSPS) is 20.9. The summed E-state index contributed by atoms with van der Waals surface area (Å²) in [6.45, 7) is 9.57. The smallest absolute Gasteiger partial charge is 0.414 e. The van der Waals surface area contributed by atoms with E-state index in [-0.39, 0.29) is 23.9 Å². The van der Waals surface area contributed by atoms with Crippen LogP contribution in [0.5, 0.6) is 0 Å². The number of ether oxygens (including phenoxy) is 1. The first-order chi connectivity index (χ1) is 16.7. The maximum atomic E-state index is 12.9. The van der Waals surface area contributed by atoms with Crippen molar-refractivity contribution in [3.05, 3.63) is 40.3 Å². The van der Waals surface area contributed by atoms with E-state index in [0.717, 1.165) is 36.4 Å². The van der Waals surface area contributed by atoms with Crippen molar-refractivity contribution >= 4 is 40.6 Å². The number of benzene rings is 1. The summed E-state index contributed by atoms with van der Waals surface area (Å²) in [5.74, 6) is 0.0978. The molecule has 2 aromatic rings. The van der Waals surface area contributed by atoms with Gasteiger partial charge in [-0.15, -0.1) is 11.3 Å². The Morgan fingerprint density at radius 1 is 1.11 bits per heavy atom. The molecule has 1 aromatic heterocycles. The molecule has 0 bridgehead atoms. The molecule has 0 saturated carbocycles. The van der Waals surface area contributed by atoms with Crippen molar-refractivity contribution in [1.82, 2.24) is 14.8 Å². The van der Waals surface area contributed by atoms with Crippen LogP contribution in [0.15, 0.2) is 29.8 Å². The number of carbonyl (C=O) groups is 3. The van der Waals surface area contributed by atoms with Gasteiger partial charge in [0, 0.05) is 69.0 Å². The predicted molar refractivity (Wildman–Crippen MR) is 134 cm³/mol. The van der Waals surface area contributed by atoms with Crippen LogP contribution in [0.3, 0.4) is 0 Å². The first-order valence-corrected chi connectivity index (χ1v) is 12.9. The van der Waals surface area contributed by atoms with Gasteiger partial charge in [0.05, 0.1) is 5.69 Å². The van der Waals surface area contributed by atoms with Gasteiger partial charge in [-0.25, -0.2) is 9.78 Å². The minimum atomic E-state index is -0.545. The summed E-state index contributed by atoms with van der Waals surface area (Å²) in [7, 11) is 0. The number of fused-ring (bicyclic) bond motifs is 1. The monoisotopic (exact) mass is 497 g/mol. The first-order valence-electron chi connectivity index (χ1n) is 12.1. The molecule has 0 aliphatic carbocycles. The zero-order valence-corrected chi connectivity index (χ0v) is 21.2. The summed E-state index contributed by atoms with van der Waals surface area (Å²) in [6.07, 6.45) is 2.53. The highest BCUT2D eigenvalue weighted by Gasteiger charge is 2.37. The number of piperazine rings is 1. The molecule has 1 atom stereocenters. The largest absolute Gasteiger partial charge is 0.443 e. The molecule has 0 spiro atoms. The number of aromatic nitrogens is 1. The fourth-order valence-corrected chi connectivity index (χ4v) is 5.60. The Kier molecular flexibility index (Phi) is 6.27. The van der Waals surface area contributed by atoms with Gasteiger partial charge < -0.3 is 14.5 Å². The van der Waals surface area contributed by atoms with Crippen LogP contribution in [0.25, 0.3) is 0 Å². The van der Waals surface area contributed by atoms with Crippen molar-refractivity contribution in [2.75, 3.05) is 49.1 Å². The van der Waals surface area contributed by atoms with E-state index >= 15 is 0 Å². The number of amides is 3. The molecule has 1 unspecified atom stereocenters. The second kappa shape index (κ2) is 9.23. The summed E-state index contributed by atoms with van der Waals surface area (Å²) in [5.41, 5.74) is 2.24. The van der Waals surface area contributed by atoms with E-state index in [9.17, 15) is 14.4 Å². The Morgan fingerprint density at radius 3 is 2.57 bits per heavy atom. The van der Waals surface area contributed by atoms with Crippen LogP contribution in [-0.2, 0) is 16.0 Å². The van der Waals surface area contributed by atoms with Gasteiger partial charge in [0.1, 0.15) is 5.60 Å². The summed E-state index contributed by atoms with van der Waals surface area (Å²) < 4.78 is 5.54. The zero-order chi connectivity index (χ0) is 24.7. The summed E-state index contributed by atoms with van der Waals surface area (Å²) >= 11 is 1.37. The third-order valence-corrected chi connectivity index (χ3v) is 7.48. The second-order valence-electron chi connectivity index (χ2n) is 10.2. The molecular formula is C25H31N5O4S. The van der Waals surface area contributed by atoms with Gasteiger partial charge in [0.2, 0.25) is 5.91 Å². The van der Waals surface area contributed by atoms with Crippen LogP contribution < -0.4 is 9.80 Å². The van der Waals surface area contributed by atoms with Gasteiger partial charge >= 0.3 is 6.09 Å². The average Bonchev–Trinajstić information content (AvgIpc) is 3.57. The van der Waals surface area contributed by atoms with E-state index in [0.29, 0.717) is 37.6 Å². The zero-order valence-electron chi connectivity index (χ0n) is 20.4. The van der Waals surface area contributed by atoms with Gasteiger partial charge in [-0.05, 0) is 51.0 Å². The lowest BCUT2D eigenvalue weighted by Crippen LogP contribution is -2.52. The highest BCUT2D eigenvalue weighted by atomic mass is 32.1. The van der Waals surface area contributed by atoms with E-state index in [1.165, 1.54) is 11.3 Å². The number of thiazole rings is 1. The van der Waals surface area contributed by atoms with Crippen LogP contribution in [0.4, 0.5) is 16.2 Å². The van der Waals surface area contributed by atoms with Crippen molar-refractivity contribution in [3.63, 3.8) is 0 Å². The standard InChI is InChI=1S/C25H31N5O4S/c1-25(2,3)34-24(33)29-8-6-17-14-18(4-5-20(17)29)30-16-19(15-21(30)31)27-9-11-28(12-10-27)23(32)22-26-7-13-35-22/h4-5,7,13-14,19H,6,8-12,15-16H2,1-3H3. The van der Waals surface area contributed by atoms with Crippen molar-refractivity contribution in [2.24, 2.45) is 0 Å². The van der Waals surface area contributed by atoms with Crippen molar-refractivity contribution in [1.29, 1.82) is 0 Å². The van der Waals surface area contributed by atoms with Crippen LogP contribution >= 0.6 is 11.3 Å². The minimum Gasteiger partial charge on any atom is -0.443 e. The molecule has 5 rings (SSSR count). The van der Waals surface area contributed by atoms with E-state index in [1.54, 1.807) is 11.1 Å². The number of nitrogens with zero attached hydrogens (tertiary/aromatic N) is 5. The Labute approximate surface area is 209 Å². The van der Waals surface area contributed by atoms with Crippen molar-refractivity contribution < 1.29 is 19.1 Å². The Balaban J connectivity index is 1.21. The number of carbonyl (C=O) groups excluding carboxylic acids is 3. The molecule has 3 aliphatic rings. The van der Waals surface area contributed by atoms with Gasteiger partial charge in [0.25, 0.3) is 5.91 Å². The van der Waals surface area contributed by atoms with Crippen LogP contribution in [-0.4, -0.2) is 83.6 Å². The van der Waals surface area contributed by atoms with Gasteiger partial charge in [-0.1, -0.05) is 0 Å². The molecule has 2 fully saturated rings. The topological polar surface area (TPSA) is 86.3 Å². The number of rotatable bonds is 3. The molecule has 10 heteroatoms. The average molecular weight is 498 g/mol. The van der Waals surface area contributed by atoms with Crippen molar-refractivity contribution in [2.45, 2.75) is 45.3 Å². The van der Waals surface area contributed by atoms with Crippen LogP contribution in [0.2, 0.25) is 0 Å². The molecule has 2 saturated heterocycles. The Hall–Kier alpha value is -2.98. The molecular weight excluding hydrogens is 466 g/mol. The molecule has 0 N–H and O–H groups in total. The minimum absolute atomic E-state index is 0.0117. The fraction of sp³-hybridized carbons (Fsp3) is 0.520. The Bertz CT molecular complexity index is 1120. The number of anilines is 2. The summed E-state index contributed by atoms with van der Waals surface area (Å²) in [4.78, 5) is 49.9. The SMILES string of the molecule is CC(C)(C)OC(=O)N1CCc2cc(N3CC(N4CCN(C(=O)c5nccs5)CC4)CC3=O)ccc21. The molecule has 1 aromatic carbocycles.